The van der Waals surface area contributed by atoms with E-state index >= 15 is 0 Å². The fraction of sp³-hybridized carbons (Fsp3) is 0.412. The van der Waals surface area contributed by atoms with Crippen LogP contribution in [0, 0.1) is 0 Å². The number of benzene rings is 1. The topological polar surface area (TPSA) is 52.4 Å². The average Bonchev–Trinajstić information content (AvgIpc) is 3.33. The number of nitrogens with zero attached hydrogens (tertiary/aromatic N) is 4. The van der Waals surface area contributed by atoms with Crippen LogP contribution in [0.4, 0.5) is 5.13 Å². The van der Waals surface area contributed by atoms with Crippen LogP contribution in [0.2, 0.25) is 0 Å². The van der Waals surface area contributed by atoms with Gasteiger partial charge in [-0.1, -0.05) is 12.1 Å². The number of para-hydroxylation sites is 2. The van der Waals surface area contributed by atoms with Crippen LogP contribution in [0.5, 0.6) is 0 Å². The summed E-state index contributed by atoms with van der Waals surface area (Å²) >= 11 is 1.66. The predicted molar refractivity (Wildman–Crippen MR) is 92.6 cm³/mol. The summed E-state index contributed by atoms with van der Waals surface area (Å²) in [5, 5.41) is 3.05. The second-order valence-corrected chi connectivity index (χ2v) is 7.13. The van der Waals surface area contributed by atoms with Crippen molar-refractivity contribution in [3.05, 3.63) is 42.2 Å². The lowest BCUT2D eigenvalue weighted by molar-refractivity contribution is -0.00461. The Morgan fingerprint density at radius 2 is 1.83 bits per heavy atom. The van der Waals surface area contributed by atoms with E-state index in [-0.39, 0.29) is 18.2 Å². The second-order valence-electron chi connectivity index (χ2n) is 6.26. The number of hydrogen-bond acceptors (Lipinski definition) is 6. The Bertz CT molecular complexity index is 818. The summed E-state index contributed by atoms with van der Waals surface area (Å²) < 4.78 is 14.6. The van der Waals surface area contributed by atoms with Crippen LogP contribution in [0.25, 0.3) is 11.0 Å². The molecule has 0 radical (unpaired) electrons. The molecule has 0 N–H and O–H groups in total. The van der Waals surface area contributed by atoms with E-state index in [1.807, 2.05) is 36.1 Å². The highest BCUT2D eigenvalue weighted by Crippen LogP contribution is 2.29. The van der Waals surface area contributed by atoms with Gasteiger partial charge < -0.3 is 18.9 Å². The van der Waals surface area contributed by atoms with Crippen molar-refractivity contribution in [1.29, 1.82) is 0 Å². The molecular formula is C17H18N4O2S. The van der Waals surface area contributed by atoms with Crippen molar-refractivity contribution in [2.45, 2.75) is 18.2 Å². The summed E-state index contributed by atoms with van der Waals surface area (Å²) in [7, 11) is 0. The lowest BCUT2D eigenvalue weighted by atomic mass is 10.2. The van der Waals surface area contributed by atoms with E-state index in [4.69, 9.17) is 9.47 Å². The van der Waals surface area contributed by atoms with Gasteiger partial charge in [0.1, 0.15) is 12.2 Å². The molecule has 4 heterocycles. The third-order valence-electron chi connectivity index (χ3n) is 4.79. The Morgan fingerprint density at radius 1 is 1.04 bits per heavy atom. The summed E-state index contributed by atoms with van der Waals surface area (Å²) in [6.45, 7) is 2.98. The molecule has 2 aliphatic rings. The van der Waals surface area contributed by atoms with E-state index in [0.717, 1.165) is 29.3 Å². The minimum atomic E-state index is 0.105. The molecule has 2 aliphatic heterocycles. The SMILES string of the molecule is c1ccc2c(c1)ncn2C1CO[C@H]2CN(c3nccs3)C[C@@H]2OC1. The molecule has 2 fully saturated rings. The fourth-order valence-corrected chi connectivity index (χ4v) is 4.20. The third-order valence-corrected chi connectivity index (χ3v) is 5.62. The van der Waals surface area contributed by atoms with Gasteiger partial charge in [0, 0.05) is 24.7 Å². The smallest absolute Gasteiger partial charge is 0.185 e. The highest BCUT2D eigenvalue weighted by atomic mass is 32.1. The number of hydrogen-bond donors (Lipinski definition) is 0. The molecule has 5 rings (SSSR count). The summed E-state index contributed by atoms with van der Waals surface area (Å²) in [6.07, 6.45) is 3.95. The van der Waals surface area contributed by atoms with Gasteiger partial charge in [-0.15, -0.1) is 11.3 Å². The van der Waals surface area contributed by atoms with Crippen molar-refractivity contribution in [1.82, 2.24) is 14.5 Å². The highest BCUT2D eigenvalue weighted by Gasteiger charge is 2.38. The van der Waals surface area contributed by atoms with Gasteiger partial charge in [-0.3, -0.25) is 0 Å². The van der Waals surface area contributed by atoms with Gasteiger partial charge in [0.25, 0.3) is 0 Å². The maximum atomic E-state index is 6.20. The summed E-state index contributed by atoms with van der Waals surface area (Å²) in [4.78, 5) is 11.1. The number of fused-ring (bicyclic) bond motifs is 2. The lowest BCUT2D eigenvalue weighted by Gasteiger charge is -2.19. The average molecular weight is 342 g/mol. The van der Waals surface area contributed by atoms with Crippen molar-refractivity contribution in [3.63, 3.8) is 0 Å². The summed E-state index contributed by atoms with van der Waals surface area (Å²) in [5.74, 6) is 0. The molecule has 1 aromatic carbocycles. The number of ether oxygens (including phenoxy) is 2. The zero-order chi connectivity index (χ0) is 15.9. The molecule has 2 atom stereocenters. The Hall–Kier alpha value is -1.96. The number of thiazole rings is 1. The first-order valence-corrected chi connectivity index (χ1v) is 9.05. The van der Waals surface area contributed by atoms with Gasteiger partial charge in [0.2, 0.25) is 0 Å². The largest absolute Gasteiger partial charge is 0.371 e. The van der Waals surface area contributed by atoms with Gasteiger partial charge in [-0.25, -0.2) is 9.97 Å². The molecule has 7 heteroatoms. The van der Waals surface area contributed by atoms with E-state index in [1.165, 1.54) is 0 Å². The van der Waals surface area contributed by atoms with Gasteiger partial charge in [-0.2, -0.15) is 0 Å². The Balaban J connectivity index is 1.33. The molecule has 0 amide bonds. The first-order valence-electron chi connectivity index (χ1n) is 8.18. The molecule has 0 spiro atoms. The van der Waals surface area contributed by atoms with E-state index in [0.29, 0.717) is 13.2 Å². The third kappa shape index (κ3) is 2.40. The molecule has 0 unspecified atom stereocenters. The maximum Gasteiger partial charge on any atom is 0.185 e. The monoisotopic (exact) mass is 342 g/mol. The molecule has 24 heavy (non-hydrogen) atoms. The van der Waals surface area contributed by atoms with Gasteiger partial charge >= 0.3 is 0 Å². The van der Waals surface area contributed by atoms with Crippen molar-refractivity contribution in [2.24, 2.45) is 0 Å². The van der Waals surface area contributed by atoms with Crippen LogP contribution < -0.4 is 4.90 Å². The van der Waals surface area contributed by atoms with Crippen LogP contribution in [-0.4, -0.2) is 53.0 Å². The maximum absolute atomic E-state index is 6.20. The predicted octanol–water partition coefficient (Wildman–Crippen LogP) is 2.34. The molecule has 0 bridgehead atoms. The van der Waals surface area contributed by atoms with E-state index < -0.39 is 0 Å². The highest BCUT2D eigenvalue weighted by molar-refractivity contribution is 7.13. The second kappa shape index (κ2) is 5.84. The van der Waals surface area contributed by atoms with Crippen molar-refractivity contribution in [2.75, 3.05) is 31.2 Å². The minimum absolute atomic E-state index is 0.105. The molecular weight excluding hydrogens is 324 g/mol. The molecule has 0 aliphatic carbocycles. The van der Waals surface area contributed by atoms with Crippen LogP contribution >= 0.6 is 11.3 Å². The molecule has 6 nitrogen and oxygen atoms in total. The van der Waals surface area contributed by atoms with E-state index in [9.17, 15) is 0 Å². The Kier molecular flexibility index (Phi) is 3.50. The normalized spacial score (nSPS) is 25.1. The van der Waals surface area contributed by atoms with Crippen LogP contribution in [-0.2, 0) is 9.47 Å². The molecule has 0 saturated carbocycles. The Labute approximate surface area is 143 Å². The first kappa shape index (κ1) is 14.4. The van der Waals surface area contributed by atoms with Crippen molar-refractivity contribution in [3.8, 4) is 0 Å². The molecule has 3 aromatic rings. The van der Waals surface area contributed by atoms with Crippen LogP contribution in [0.1, 0.15) is 6.04 Å². The Morgan fingerprint density at radius 3 is 2.58 bits per heavy atom. The number of imidazole rings is 1. The number of anilines is 1. The summed E-state index contributed by atoms with van der Waals surface area (Å²) in [6, 6.07) is 8.34. The van der Waals surface area contributed by atoms with Crippen LogP contribution in [0.15, 0.2) is 42.2 Å². The van der Waals surface area contributed by atoms with Gasteiger partial charge in [-0.05, 0) is 12.1 Å². The number of aromatic nitrogens is 3. The van der Waals surface area contributed by atoms with Gasteiger partial charge in [0.15, 0.2) is 5.13 Å². The standard InChI is InChI=1S/C17H18N4O2S/c1-2-4-14-13(3-1)19-11-21(14)12-9-22-15-7-20(8-16(15)23-10-12)17-18-5-6-24-17/h1-6,11-12,15-16H,7-10H2/t15-,16-/m0/s1. The van der Waals surface area contributed by atoms with E-state index in [2.05, 4.69) is 25.5 Å². The molecule has 2 aromatic heterocycles. The minimum Gasteiger partial charge on any atom is -0.371 e. The number of rotatable bonds is 2. The van der Waals surface area contributed by atoms with Crippen LogP contribution in [0.3, 0.4) is 0 Å². The first-order chi connectivity index (χ1) is 11.9. The molecule has 2 saturated heterocycles. The zero-order valence-electron chi connectivity index (χ0n) is 13.1. The molecule has 124 valence electrons. The lowest BCUT2D eigenvalue weighted by Crippen LogP contribution is -2.27. The summed E-state index contributed by atoms with van der Waals surface area (Å²) in [5.41, 5.74) is 2.14. The quantitative estimate of drug-likeness (QED) is 0.715. The van der Waals surface area contributed by atoms with Crippen molar-refractivity contribution < 1.29 is 9.47 Å². The fourth-order valence-electron chi connectivity index (χ4n) is 3.54. The van der Waals surface area contributed by atoms with Crippen molar-refractivity contribution >= 4 is 27.5 Å². The van der Waals surface area contributed by atoms with Gasteiger partial charge in [0.05, 0.1) is 36.6 Å². The van der Waals surface area contributed by atoms with E-state index in [1.54, 1.807) is 11.3 Å². The zero-order valence-corrected chi connectivity index (χ0v) is 13.9.